The number of hydrogen-bond acceptors (Lipinski definition) is 2. The van der Waals surface area contributed by atoms with Crippen LogP contribution in [0.4, 0.5) is 0 Å². The first-order chi connectivity index (χ1) is 5.84. The normalized spacial score (nSPS) is 59.2. The van der Waals surface area contributed by atoms with E-state index >= 15 is 0 Å². The molecule has 0 spiro atoms. The maximum Gasteiger partial charge on any atom is 0.0845 e. The summed E-state index contributed by atoms with van der Waals surface area (Å²) in [6.45, 7) is 0.338. The number of aliphatic hydroxyl groups excluding tert-OH is 1. The van der Waals surface area contributed by atoms with E-state index in [1.807, 2.05) is 7.11 Å². The molecule has 12 heavy (non-hydrogen) atoms. The molecule has 0 bridgehead atoms. The fourth-order valence-electron chi connectivity index (χ4n) is 3.62. The summed E-state index contributed by atoms with van der Waals surface area (Å²) in [4.78, 5) is 0. The Labute approximate surface area is 72.2 Å². The first kappa shape index (κ1) is 7.10. The topological polar surface area (TPSA) is 29.5 Å². The highest BCUT2D eigenvalue weighted by molar-refractivity contribution is 5.37. The summed E-state index contributed by atoms with van der Waals surface area (Å²) >= 11 is 0. The Morgan fingerprint density at radius 3 is 2.92 bits per heavy atom. The van der Waals surface area contributed by atoms with E-state index in [2.05, 4.69) is 12.2 Å². The van der Waals surface area contributed by atoms with Crippen molar-refractivity contribution in [2.75, 3.05) is 13.7 Å². The lowest BCUT2D eigenvalue weighted by molar-refractivity contribution is 0.0459. The molecule has 1 N–H and O–H groups in total. The third-order valence-electron chi connectivity index (χ3n) is 4.10. The predicted molar refractivity (Wildman–Crippen MR) is 44.5 cm³/mol. The van der Waals surface area contributed by atoms with Gasteiger partial charge < -0.3 is 9.84 Å². The zero-order valence-electron chi connectivity index (χ0n) is 7.23. The molecule has 0 radical (unpaired) electrons. The number of fused-ring (bicyclic) bond motifs is 1. The number of aliphatic hydroxyl groups is 1. The van der Waals surface area contributed by atoms with Crippen LogP contribution < -0.4 is 0 Å². The van der Waals surface area contributed by atoms with E-state index < -0.39 is 0 Å². The molecule has 0 aromatic rings. The zero-order valence-corrected chi connectivity index (χ0v) is 7.23. The minimum absolute atomic E-state index is 0.132. The van der Waals surface area contributed by atoms with Gasteiger partial charge in [0, 0.05) is 31.5 Å². The maximum atomic E-state index is 9.15. The first-order valence-electron chi connectivity index (χ1n) is 4.69. The summed E-state index contributed by atoms with van der Waals surface area (Å²) < 4.78 is 5.62. The van der Waals surface area contributed by atoms with Crippen LogP contribution in [-0.2, 0) is 4.74 Å². The lowest BCUT2D eigenvalue weighted by Crippen LogP contribution is -2.20. The Balaban J connectivity index is 1.94. The van der Waals surface area contributed by atoms with Crippen LogP contribution in [0.5, 0.6) is 0 Å². The quantitative estimate of drug-likeness (QED) is 0.615. The van der Waals surface area contributed by atoms with Crippen LogP contribution in [0.15, 0.2) is 12.2 Å². The standard InChI is InChI=1S/C10H14O2/c1-12-10-7-2-3-8(10)9(10)6(4-7)5-11/h2-3,6-9,11H,4-5H2,1H3/t6-,7-,8+,9-,10?/m0/s1. The molecule has 2 fully saturated rings. The van der Waals surface area contributed by atoms with E-state index in [4.69, 9.17) is 9.84 Å². The molecule has 2 heteroatoms. The Hall–Kier alpha value is -0.340. The molecule has 2 nitrogen and oxygen atoms in total. The molecule has 0 aromatic carbocycles. The molecule has 0 heterocycles. The van der Waals surface area contributed by atoms with Gasteiger partial charge in [0.1, 0.15) is 0 Å². The van der Waals surface area contributed by atoms with Gasteiger partial charge in [-0.2, -0.15) is 0 Å². The second-order valence-electron chi connectivity index (χ2n) is 4.28. The molecular weight excluding hydrogens is 152 g/mol. The molecule has 3 aliphatic carbocycles. The van der Waals surface area contributed by atoms with Crippen LogP contribution in [0.2, 0.25) is 0 Å². The van der Waals surface area contributed by atoms with Crippen molar-refractivity contribution < 1.29 is 9.84 Å². The van der Waals surface area contributed by atoms with E-state index in [1.165, 1.54) is 0 Å². The average Bonchev–Trinajstić information content (AvgIpc) is 2.55. The van der Waals surface area contributed by atoms with E-state index in [0.29, 0.717) is 30.3 Å². The van der Waals surface area contributed by atoms with Gasteiger partial charge in [0.25, 0.3) is 0 Å². The van der Waals surface area contributed by atoms with Crippen LogP contribution in [0.1, 0.15) is 6.42 Å². The lowest BCUT2D eigenvalue weighted by Gasteiger charge is -2.15. The lowest BCUT2D eigenvalue weighted by atomic mass is 9.98. The zero-order chi connectivity index (χ0) is 8.34. The maximum absolute atomic E-state index is 9.15. The first-order valence-corrected chi connectivity index (χ1v) is 4.69. The van der Waals surface area contributed by atoms with Crippen molar-refractivity contribution in [2.24, 2.45) is 23.7 Å². The summed E-state index contributed by atoms with van der Waals surface area (Å²) in [5.74, 6) is 2.34. The van der Waals surface area contributed by atoms with Gasteiger partial charge in [-0.15, -0.1) is 0 Å². The number of hydrogen-bond donors (Lipinski definition) is 1. The van der Waals surface area contributed by atoms with Gasteiger partial charge in [0.2, 0.25) is 0 Å². The minimum atomic E-state index is 0.132. The van der Waals surface area contributed by atoms with Crippen LogP contribution >= 0.6 is 0 Å². The third kappa shape index (κ3) is 0.511. The molecule has 1 unspecified atom stereocenters. The number of rotatable bonds is 2. The van der Waals surface area contributed by atoms with Crippen molar-refractivity contribution in [1.82, 2.24) is 0 Å². The van der Waals surface area contributed by atoms with Gasteiger partial charge in [-0.25, -0.2) is 0 Å². The largest absolute Gasteiger partial charge is 0.396 e. The number of methoxy groups -OCH3 is 1. The average molecular weight is 166 g/mol. The second-order valence-corrected chi connectivity index (χ2v) is 4.28. The van der Waals surface area contributed by atoms with Crippen LogP contribution in [0, 0.1) is 23.7 Å². The minimum Gasteiger partial charge on any atom is -0.396 e. The highest BCUT2D eigenvalue weighted by Gasteiger charge is 2.76. The van der Waals surface area contributed by atoms with Crippen molar-refractivity contribution in [3.63, 3.8) is 0 Å². The molecule has 0 saturated heterocycles. The van der Waals surface area contributed by atoms with Crippen LogP contribution in [0.25, 0.3) is 0 Å². The highest BCUT2D eigenvalue weighted by atomic mass is 16.5. The van der Waals surface area contributed by atoms with Crippen LogP contribution in [-0.4, -0.2) is 24.4 Å². The second kappa shape index (κ2) is 1.94. The molecule has 3 aliphatic rings. The highest BCUT2D eigenvalue weighted by Crippen LogP contribution is 2.72. The van der Waals surface area contributed by atoms with Gasteiger partial charge in [-0.3, -0.25) is 0 Å². The van der Waals surface area contributed by atoms with E-state index in [-0.39, 0.29) is 5.60 Å². The molecule has 0 amide bonds. The van der Waals surface area contributed by atoms with Crippen molar-refractivity contribution in [1.29, 1.82) is 0 Å². The summed E-state index contributed by atoms with van der Waals surface area (Å²) in [6.07, 6.45) is 5.69. The van der Waals surface area contributed by atoms with Crippen LogP contribution in [0.3, 0.4) is 0 Å². The molecular formula is C10H14O2. The summed E-state index contributed by atoms with van der Waals surface area (Å²) in [5.41, 5.74) is 0.132. The molecule has 0 aromatic heterocycles. The van der Waals surface area contributed by atoms with Crippen molar-refractivity contribution in [3.8, 4) is 0 Å². The van der Waals surface area contributed by atoms with E-state index in [1.54, 1.807) is 0 Å². The number of ether oxygens (including phenoxy) is 1. The van der Waals surface area contributed by atoms with Crippen molar-refractivity contribution in [2.45, 2.75) is 12.0 Å². The van der Waals surface area contributed by atoms with E-state index in [9.17, 15) is 0 Å². The molecule has 0 aliphatic heterocycles. The molecule has 2 saturated carbocycles. The Bertz CT molecular complexity index is 248. The third-order valence-corrected chi connectivity index (χ3v) is 4.10. The molecule has 66 valence electrons. The molecule has 5 atom stereocenters. The fourth-order valence-corrected chi connectivity index (χ4v) is 3.62. The Kier molecular flexibility index (Phi) is 1.15. The van der Waals surface area contributed by atoms with Crippen molar-refractivity contribution in [3.05, 3.63) is 12.2 Å². The summed E-state index contributed by atoms with van der Waals surface area (Å²) in [6, 6.07) is 0. The molecule has 3 rings (SSSR count). The smallest absolute Gasteiger partial charge is 0.0845 e. The van der Waals surface area contributed by atoms with Gasteiger partial charge in [0.05, 0.1) is 5.60 Å². The van der Waals surface area contributed by atoms with Gasteiger partial charge in [-0.1, -0.05) is 12.2 Å². The summed E-state index contributed by atoms with van der Waals surface area (Å²) in [5, 5.41) is 9.15. The SMILES string of the molecule is COC12[C@H]3[C@H](CO)C[C@@H]1C=C[C@H]32. The Morgan fingerprint density at radius 1 is 1.58 bits per heavy atom. The fraction of sp³-hybridized carbons (Fsp3) is 0.800. The van der Waals surface area contributed by atoms with Crippen molar-refractivity contribution >= 4 is 0 Å². The van der Waals surface area contributed by atoms with E-state index in [0.717, 1.165) is 6.42 Å². The monoisotopic (exact) mass is 166 g/mol. The Morgan fingerprint density at radius 2 is 2.42 bits per heavy atom. The van der Waals surface area contributed by atoms with Gasteiger partial charge in [0.15, 0.2) is 0 Å². The van der Waals surface area contributed by atoms with Gasteiger partial charge in [-0.05, 0) is 12.3 Å². The predicted octanol–water partition coefficient (Wildman–Crippen LogP) is 0.816. The summed E-state index contributed by atoms with van der Waals surface area (Å²) in [7, 11) is 1.81. The van der Waals surface area contributed by atoms with Gasteiger partial charge >= 0.3 is 0 Å².